The van der Waals surface area contributed by atoms with Crippen molar-refractivity contribution < 1.29 is 101 Å². The van der Waals surface area contributed by atoms with Crippen molar-refractivity contribution in [2.24, 2.45) is 22.9 Å². The average Bonchev–Trinajstić information content (AvgIpc) is 1.73. The Balaban J connectivity index is 1.09. The van der Waals surface area contributed by atoms with E-state index in [9.17, 15) is 62.6 Å². The molecule has 2 bridgehead atoms. The highest BCUT2D eigenvalue weighted by molar-refractivity contribution is 8.77. The van der Waals surface area contributed by atoms with E-state index >= 15 is 28.8 Å². The maximum absolute atomic E-state index is 16.3. The molecule has 740 valence electrons. The normalized spacial score (nSPS) is 22.8. The fourth-order valence-electron chi connectivity index (χ4n) is 15.8. The quantitative estimate of drug-likeness (QED) is 0.0231. The van der Waals surface area contributed by atoms with Crippen LogP contribution in [0.25, 0.3) is 21.7 Å². The van der Waals surface area contributed by atoms with E-state index in [0.29, 0.717) is 63.9 Å². The number of primary amides is 3. The van der Waals surface area contributed by atoms with Gasteiger partial charge in [0.25, 0.3) is 0 Å². The van der Waals surface area contributed by atoms with E-state index in [-0.39, 0.29) is 110 Å². The van der Waals surface area contributed by atoms with E-state index in [0.717, 1.165) is 49.7 Å². The molecule has 2 fully saturated rings. The number of nitrogens with zero attached hydrogens (tertiary/aromatic N) is 2. The molecule has 3 aliphatic rings. The number of carbonyl (C=O) groups excluding carboxylic acids is 18. The molecule has 0 aliphatic carbocycles. The highest BCUT2D eigenvalue weighted by atomic mass is 33.1. The summed E-state index contributed by atoms with van der Waals surface area (Å²) in [4.78, 5) is 267. The number of anilines is 1. The number of aliphatic hydroxyl groups excluding tert-OH is 1. The number of fused-ring (bicyclic) bond motifs is 8. The van der Waals surface area contributed by atoms with Gasteiger partial charge in [-0.2, -0.15) is 0 Å². The number of nitrogens with one attached hydrogen (secondary N) is 15. The molecule has 2 saturated heterocycles. The number of benzene rings is 4. The third kappa shape index (κ3) is 32.7. The monoisotopic (exact) mass is 1940 g/mol. The first-order chi connectivity index (χ1) is 65.2. The second kappa shape index (κ2) is 51.6. The summed E-state index contributed by atoms with van der Waals surface area (Å²) in [6, 6.07) is 7.59. The van der Waals surface area contributed by atoms with Gasteiger partial charge >= 0.3 is 0 Å². The van der Waals surface area contributed by atoms with Gasteiger partial charge in [0.2, 0.25) is 106 Å². The van der Waals surface area contributed by atoms with Gasteiger partial charge in [-0.15, -0.1) is 0 Å². The first kappa shape index (κ1) is 107. The van der Waals surface area contributed by atoms with Crippen molar-refractivity contribution in [2.75, 3.05) is 57.4 Å². The van der Waals surface area contributed by atoms with E-state index < -0.39 is 221 Å². The molecule has 9 rings (SSSR count). The highest BCUT2D eigenvalue weighted by Gasteiger charge is 2.47. The molecule has 3 aliphatic heterocycles. The third-order valence-electron chi connectivity index (χ3n) is 23.2. The lowest BCUT2D eigenvalue weighted by molar-refractivity contribution is -0.137. The lowest BCUT2D eigenvalue weighted by atomic mass is 9.98. The number of nitrogens with two attached hydrogens (primary N) is 4. The van der Waals surface area contributed by atoms with Crippen LogP contribution >= 0.6 is 21.6 Å². The van der Waals surface area contributed by atoms with Crippen LogP contribution in [0, 0.1) is 6.92 Å². The van der Waals surface area contributed by atoms with Gasteiger partial charge in [-0.3, -0.25) is 91.3 Å². The Morgan fingerprint density at radius 1 is 0.613 bits per heavy atom. The molecule has 0 radical (unpaired) electrons. The van der Waals surface area contributed by atoms with Crippen molar-refractivity contribution in [3.63, 3.8) is 0 Å². The summed E-state index contributed by atoms with van der Waals surface area (Å²) in [5.41, 5.74) is 26.4. The molecular formula is C93H125N21O21S2. The molecule has 24 N–H and O–H groups in total. The molecule has 42 nitrogen and oxygen atoms in total. The number of pyridine rings is 1. The number of aryl methyl sites for hydroxylation is 1. The number of aromatic nitrogens is 2. The van der Waals surface area contributed by atoms with Crippen LogP contribution in [0.1, 0.15) is 153 Å². The molecule has 5 heterocycles. The van der Waals surface area contributed by atoms with Crippen molar-refractivity contribution in [3.8, 4) is 5.75 Å². The van der Waals surface area contributed by atoms with Gasteiger partial charge in [0, 0.05) is 117 Å². The predicted octanol–water partition coefficient (Wildman–Crippen LogP) is -1.43. The number of H-pyrrole nitrogens is 1. The number of para-hydroxylation sites is 1. The standard InChI is InChI=1S/C93H125N21O21S2/c1-51-17-16-20-61-58(49-102-77(51)61)44-66-85(127)104-62(21-13-15-34-99-53(3)116)83(125)113-80-90(132)108-65(42-54-24-27-60(28-25-54)135-39-33-94)84(126)105-64(43-55-23-26-56-18-11-12-19-57(56)41-55)81(123)101-37-40-134-38-32-76(122)103-63(82(124)106-67(46-71(95)117)86(128)110-69-45-59-48-98-36-31-70(59)114(91(69)133)50-73(97)119)29-30-74(120)100-35-14-9-8-10-22-75(121)111-79(92(4,5)136-137-93(80,6)7)89(131)109-68(47-72(96)118)87(129)112-78(52(2)115)88(130)107-66/h11-12,16-20,23-28,31,36,41,48-49,52,62-69,78-80,102,115H,8-10,13-15,21-22,29-30,32-35,37-40,42-47,50,94H2,1-7H3,(H2,95,117)(H2,96,118)(H2,97,119)(H,99,116)(H,100,120)(H,101,123)(H,103,122)(H,104,127)(H,105,126)(H,106,124)(H,107,130)(H,108,132)(H,109,131)(H,110,128)(H,111,121)(H,112,129)(H,113,125)/t52-,62+,63+,64?,65+,66+,67+,68+,69+,78+,79-,80-/m1/s1. The number of amides is 18. The smallest absolute Gasteiger partial charge is 0.250 e. The average molecular weight is 1940 g/mol. The van der Waals surface area contributed by atoms with Crippen LogP contribution in [0.15, 0.2) is 110 Å². The van der Waals surface area contributed by atoms with Crippen molar-refractivity contribution >= 4 is 155 Å². The van der Waals surface area contributed by atoms with Crippen LogP contribution in [-0.4, -0.2) is 256 Å². The molecule has 18 amide bonds. The number of unbranched alkanes of at least 4 members (excludes halogenated alkanes) is 1. The molecule has 6 aromatic rings. The topological polar surface area (TPSA) is 650 Å². The van der Waals surface area contributed by atoms with Gasteiger partial charge in [-0.05, 0) is 137 Å². The fourth-order valence-corrected chi connectivity index (χ4v) is 18.6. The van der Waals surface area contributed by atoms with E-state index in [4.69, 9.17) is 32.4 Å². The molecule has 2 aromatic heterocycles. The zero-order chi connectivity index (χ0) is 99.8. The second-order valence-electron chi connectivity index (χ2n) is 35.1. The first-order valence-electron chi connectivity index (χ1n) is 45.5. The SMILES string of the molecule is CC(=O)NCCCC[C@@H]1NC(=O)[C@H](Cc2c[nH]c3c(C)cccc23)NC(=O)[C@H]([C@@H](C)O)NC(=O)[C@H](CC(N)=O)NC(=O)[C@H]2NC(=O)CCCCCCNC(=O)CC[C@@H](C(=O)N[C@@H](CC(N)=O)C(=O)N[C@H]3Cc4cnccc4N(CC(N)=O)C3=O)NC(=O)CCOCCNC(=O)C(Cc3ccc4ccccc4c3)NC(=O)[C@H](Cc3ccc(OCCN)cc3)NC(=O)[C@@H](NC1=O)C(C)(C)SSC2(C)C. The number of carbonyl (C=O) groups is 18. The number of hydrogen-bond donors (Lipinski definition) is 20. The van der Waals surface area contributed by atoms with E-state index in [1.807, 2.05) is 49.4 Å². The maximum atomic E-state index is 16.3. The summed E-state index contributed by atoms with van der Waals surface area (Å²) < 4.78 is 8.40. The molecular weight excluding hydrogens is 1810 g/mol. The maximum Gasteiger partial charge on any atom is 0.250 e. The van der Waals surface area contributed by atoms with Crippen LogP contribution in [-0.2, 0) is 117 Å². The number of rotatable bonds is 25. The molecule has 1 unspecified atom stereocenters. The molecule has 12 atom stereocenters. The minimum Gasteiger partial charge on any atom is -0.492 e. The largest absolute Gasteiger partial charge is 0.492 e. The zero-order valence-corrected chi connectivity index (χ0v) is 79.3. The van der Waals surface area contributed by atoms with Crippen LogP contribution in [0.2, 0.25) is 0 Å². The minimum atomic E-state index is -1.95. The number of aromatic amines is 1. The highest BCUT2D eigenvalue weighted by Crippen LogP contribution is 2.47. The van der Waals surface area contributed by atoms with Crippen LogP contribution < -0.4 is 107 Å². The van der Waals surface area contributed by atoms with Crippen molar-refractivity contribution in [2.45, 2.75) is 240 Å². The summed E-state index contributed by atoms with van der Waals surface area (Å²) in [5, 5.41) is 51.3. The summed E-state index contributed by atoms with van der Waals surface area (Å²) in [5.74, 6) is -16.3. The molecule has 0 saturated carbocycles. The Morgan fingerprint density at radius 3 is 1.93 bits per heavy atom. The lowest BCUT2D eigenvalue weighted by Crippen LogP contribution is -2.64. The van der Waals surface area contributed by atoms with Crippen molar-refractivity contribution in [1.82, 2.24) is 84.4 Å². The van der Waals surface area contributed by atoms with Gasteiger partial charge in [0.1, 0.15) is 85.4 Å². The summed E-state index contributed by atoms with van der Waals surface area (Å²) in [6.45, 7) is 9.57. The summed E-state index contributed by atoms with van der Waals surface area (Å²) in [7, 11) is 1.85. The Bertz CT molecular complexity index is 5370. The Morgan fingerprint density at radius 2 is 1.24 bits per heavy atom. The summed E-state index contributed by atoms with van der Waals surface area (Å²) >= 11 is 0. The molecule has 0 spiro atoms. The van der Waals surface area contributed by atoms with Gasteiger partial charge in [-0.25, -0.2) is 0 Å². The number of ether oxygens (including phenoxy) is 2. The van der Waals surface area contributed by atoms with Crippen LogP contribution in [0.5, 0.6) is 5.75 Å². The Hall–Kier alpha value is -13.3. The third-order valence-corrected chi connectivity index (χ3v) is 27.4. The van der Waals surface area contributed by atoms with Crippen molar-refractivity contribution in [1.29, 1.82) is 0 Å². The van der Waals surface area contributed by atoms with E-state index in [2.05, 4.69) is 84.4 Å². The van der Waals surface area contributed by atoms with Gasteiger partial charge in [0.05, 0.1) is 37.8 Å². The van der Waals surface area contributed by atoms with E-state index in [1.54, 1.807) is 62.5 Å². The Kier molecular flexibility index (Phi) is 40.4. The van der Waals surface area contributed by atoms with Gasteiger partial charge in [-0.1, -0.05) is 107 Å². The Labute approximate surface area is 799 Å². The van der Waals surface area contributed by atoms with Gasteiger partial charge < -0.3 is 122 Å². The molecule has 44 heteroatoms. The molecule has 137 heavy (non-hydrogen) atoms. The molecule has 4 aromatic carbocycles. The van der Waals surface area contributed by atoms with Crippen LogP contribution in [0.4, 0.5) is 5.69 Å². The lowest BCUT2D eigenvalue weighted by Gasteiger charge is -2.39. The minimum absolute atomic E-state index is 0.0617. The second-order valence-corrected chi connectivity index (χ2v) is 38.5. The van der Waals surface area contributed by atoms with E-state index in [1.165, 1.54) is 39.2 Å². The van der Waals surface area contributed by atoms with Gasteiger partial charge in [0.15, 0.2) is 0 Å². The fraction of sp³-hybridized carbons (Fsp3) is 0.495. The first-order valence-corrected chi connectivity index (χ1v) is 47.6. The number of aliphatic hydroxyl groups is 1. The number of hydrogen-bond acceptors (Lipinski definition) is 25. The van der Waals surface area contributed by atoms with Crippen molar-refractivity contribution in [3.05, 3.63) is 137 Å². The summed E-state index contributed by atoms with van der Waals surface area (Å²) in [6.07, 6.45) is -0.116. The zero-order valence-electron chi connectivity index (χ0n) is 77.6. The van der Waals surface area contributed by atoms with Crippen LogP contribution in [0.3, 0.4) is 0 Å². The predicted molar refractivity (Wildman–Crippen MR) is 509 cm³/mol.